The average molecular weight is 398 g/mol. The number of nitrogens with one attached hydrogen (secondary N) is 1. The number of halogens is 3. The highest BCUT2D eigenvalue weighted by molar-refractivity contribution is 5.50. The van der Waals surface area contributed by atoms with Gasteiger partial charge in [0.15, 0.2) is 5.60 Å². The van der Waals surface area contributed by atoms with E-state index in [-0.39, 0.29) is 12.1 Å². The maximum Gasteiger partial charge on any atom is 0.422 e. The lowest BCUT2D eigenvalue weighted by atomic mass is 9.93. The molecular weight excluding hydrogens is 373 g/mol. The number of anilines is 1. The maximum atomic E-state index is 13.6. The van der Waals surface area contributed by atoms with Gasteiger partial charge in [-0.1, -0.05) is 30.3 Å². The molecule has 1 aliphatic rings. The van der Waals surface area contributed by atoms with Crippen molar-refractivity contribution in [2.45, 2.75) is 25.2 Å². The number of morpholine rings is 1. The van der Waals surface area contributed by atoms with Crippen molar-refractivity contribution in [3.05, 3.63) is 47.2 Å². The number of aryl methyl sites for hydroxylation is 2. The summed E-state index contributed by atoms with van der Waals surface area (Å²) in [6, 6.07) is 7.14. The van der Waals surface area contributed by atoms with Gasteiger partial charge >= 0.3 is 6.18 Å². The molecule has 28 heavy (non-hydrogen) atoms. The van der Waals surface area contributed by atoms with Crippen LogP contribution in [-0.4, -0.2) is 53.9 Å². The van der Waals surface area contributed by atoms with E-state index < -0.39 is 18.3 Å². The quantitative estimate of drug-likeness (QED) is 0.781. The van der Waals surface area contributed by atoms with Gasteiger partial charge in [-0.3, -0.25) is 4.68 Å². The van der Waals surface area contributed by atoms with Crippen LogP contribution in [0.5, 0.6) is 0 Å². The fourth-order valence-electron chi connectivity index (χ4n) is 3.52. The smallest absolute Gasteiger partial charge is 0.378 e. The minimum Gasteiger partial charge on any atom is -0.378 e. The van der Waals surface area contributed by atoms with Crippen LogP contribution < -0.4 is 10.2 Å². The highest BCUT2D eigenvalue weighted by atomic mass is 19.4. The zero-order chi connectivity index (χ0) is 20.4. The van der Waals surface area contributed by atoms with Crippen LogP contribution in [0.25, 0.3) is 0 Å². The first-order chi connectivity index (χ1) is 13.2. The Bertz CT molecular complexity index is 788. The van der Waals surface area contributed by atoms with Crippen molar-refractivity contribution in [2.24, 2.45) is 7.05 Å². The monoisotopic (exact) mass is 398 g/mol. The zero-order valence-electron chi connectivity index (χ0n) is 16.0. The van der Waals surface area contributed by atoms with Gasteiger partial charge in [0, 0.05) is 38.8 Å². The summed E-state index contributed by atoms with van der Waals surface area (Å²) in [7, 11) is 1.82. The van der Waals surface area contributed by atoms with E-state index >= 15 is 0 Å². The summed E-state index contributed by atoms with van der Waals surface area (Å²) in [5.74, 6) is 0.864. The Morgan fingerprint density at radius 1 is 1.18 bits per heavy atom. The van der Waals surface area contributed by atoms with E-state index in [1.54, 1.807) is 10.7 Å². The highest BCUT2D eigenvalue weighted by Crippen LogP contribution is 2.38. The number of benzene rings is 1. The van der Waals surface area contributed by atoms with E-state index in [4.69, 9.17) is 4.74 Å². The lowest BCUT2D eigenvalue weighted by molar-refractivity contribution is -0.264. The number of rotatable bonds is 6. The zero-order valence-corrected chi connectivity index (χ0v) is 16.0. The van der Waals surface area contributed by atoms with Crippen molar-refractivity contribution >= 4 is 5.82 Å². The Morgan fingerprint density at radius 3 is 2.43 bits per heavy atom. The molecule has 1 saturated heterocycles. The van der Waals surface area contributed by atoms with E-state index in [1.807, 2.05) is 14.0 Å². The van der Waals surface area contributed by atoms with Crippen LogP contribution in [0.15, 0.2) is 30.3 Å². The fraction of sp³-hybridized carbons (Fsp3) is 0.526. The van der Waals surface area contributed by atoms with Crippen LogP contribution in [0.4, 0.5) is 19.0 Å². The lowest BCUT2D eigenvalue weighted by Crippen LogP contribution is -2.49. The molecule has 0 radical (unpaired) electrons. The molecule has 1 aliphatic heterocycles. The predicted octanol–water partition coefficient (Wildman–Crippen LogP) is 2.10. The summed E-state index contributed by atoms with van der Waals surface area (Å²) in [4.78, 5) is 2.12. The largest absolute Gasteiger partial charge is 0.422 e. The second kappa shape index (κ2) is 8.10. The molecule has 1 aromatic heterocycles. The van der Waals surface area contributed by atoms with Gasteiger partial charge in [0.2, 0.25) is 0 Å². The first kappa shape index (κ1) is 20.6. The minimum atomic E-state index is -4.81. The molecule has 0 aliphatic carbocycles. The predicted molar refractivity (Wildman–Crippen MR) is 99.1 cm³/mol. The number of hydrogen-bond acceptors (Lipinski definition) is 5. The number of ether oxygens (including phenoxy) is 1. The Labute approximate surface area is 161 Å². The summed E-state index contributed by atoms with van der Waals surface area (Å²) in [6.07, 6.45) is -4.81. The third-order valence-electron chi connectivity index (χ3n) is 5.03. The topological polar surface area (TPSA) is 62.5 Å². The number of nitrogens with zero attached hydrogens (tertiary/aromatic N) is 3. The average Bonchev–Trinajstić information content (AvgIpc) is 2.95. The van der Waals surface area contributed by atoms with Gasteiger partial charge in [-0.25, -0.2) is 0 Å². The van der Waals surface area contributed by atoms with E-state index in [9.17, 15) is 18.3 Å². The molecule has 2 heterocycles. The second-order valence-electron chi connectivity index (χ2n) is 6.94. The molecule has 2 N–H and O–H groups in total. The molecule has 0 spiro atoms. The number of hydrogen-bond donors (Lipinski definition) is 2. The normalized spacial score (nSPS) is 17.6. The molecule has 1 aromatic carbocycles. The molecule has 6 nitrogen and oxygen atoms in total. The van der Waals surface area contributed by atoms with Gasteiger partial charge in [-0.2, -0.15) is 18.3 Å². The lowest BCUT2D eigenvalue weighted by Gasteiger charge is -2.32. The maximum absolute atomic E-state index is 13.6. The Hall–Kier alpha value is -2.10. The molecule has 9 heteroatoms. The number of alkyl halides is 3. The van der Waals surface area contributed by atoms with Crippen LogP contribution in [-0.2, 0) is 23.9 Å². The molecule has 1 atom stereocenters. The van der Waals surface area contributed by atoms with Crippen molar-refractivity contribution < 1.29 is 23.0 Å². The summed E-state index contributed by atoms with van der Waals surface area (Å²) in [5, 5.41) is 17.7. The fourth-order valence-corrected chi connectivity index (χ4v) is 3.52. The van der Waals surface area contributed by atoms with Crippen LogP contribution in [0, 0.1) is 6.92 Å². The summed E-state index contributed by atoms with van der Waals surface area (Å²) >= 11 is 0. The van der Waals surface area contributed by atoms with E-state index in [0.717, 1.165) is 17.1 Å². The summed E-state index contributed by atoms with van der Waals surface area (Å²) in [5.41, 5.74) is -1.59. The molecule has 154 valence electrons. The van der Waals surface area contributed by atoms with Crippen LogP contribution in [0.3, 0.4) is 0 Å². The Kier molecular flexibility index (Phi) is 5.97. The van der Waals surface area contributed by atoms with Gasteiger partial charge in [-0.15, -0.1) is 0 Å². The Balaban J connectivity index is 1.78. The highest BCUT2D eigenvalue weighted by Gasteiger charge is 2.54. The van der Waals surface area contributed by atoms with E-state index in [1.165, 1.54) is 24.3 Å². The van der Waals surface area contributed by atoms with Crippen LogP contribution in [0.2, 0.25) is 0 Å². The third kappa shape index (κ3) is 4.01. The standard InChI is InChI=1S/C19H25F3N4O2/c1-14-16(17(25(2)24-14)26-8-10-28-11-9-26)12-23-13-18(27,19(20,21)22)15-6-4-3-5-7-15/h3-7,23,27H,8-13H2,1-2H3/t18-/m1/s1. The van der Waals surface area contributed by atoms with Crippen molar-refractivity contribution in [3.63, 3.8) is 0 Å². The van der Waals surface area contributed by atoms with E-state index in [0.29, 0.717) is 26.3 Å². The molecular formula is C19H25F3N4O2. The molecule has 0 bridgehead atoms. The van der Waals surface area contributed by atoms with Crippen molar-refractivity contribution in [1.29, 1.82) is 0 Å². The first-order valence-electron chi connectivity index (χ1n) is 9.14. The van der Waals surface area contributed by atoms with Gasteiger partial charge in [-0.05, 0) is 12.5 Å². The molecule has 0 unspecified atom stereocenters. The van der Waals surface area contributed by atoms with Gasteiger partial charge in [0.1, 0.15) is 5.82 Å². The first-order valence-corrected chi connectivity index (χ1v) is 9.14. The molecule has 0 saturated carbocycles. The van der Waals surface area contributed by atoms with Crippen molar-refractivity contribution in [2.75, 3.05) is 37.7 Å². The van der Waals surface area contributed by atoms with Gasteiger partial charge in [0.05, 0.1) is 18.9 Å². The summed E-state index contributed by atoms with van der Waals surface area (Å²) < 4.78 is 48.0. The SMILES string of the molecule is Cc1nn(C)c(N2CCOCC2)c1CNC[C@@](O)(c1ccccc1)C(F)(F)F. The van der Waals surface area contributed by atoms with Gasteiger partial charge < -0.3 is 20.1 Å². The number of aromatic nitrogens is 2. The molecule has 3 rings (SSSR count). The third-order valence-corrected chi connectivity index (χ3v) is 5.03. The molecule has 1 fully saturated rings. The minimum absolute atomic E-state index is 0.164. The van der Waals surface area contributed by atoms with Gasteiger partial charge in [0.25, 0.3) is 0 Å². The molecule has 0 amide bonds. The second-order valence-corrected chi connectivity index (χ2v) is 6.94. The summed E-state index contributed by atoms with van der Waals surface area (Å²) in [6.45, 7) is 3.92. The van der Waals surface area contributed by atoms with Crippen LogP contribution in [0.1, 0.15) is 16.8 Å². The van der Waals surface area contributed by atoms with Crippen LogP contribution >= 0.6 is 0 Å². The van der Waals surface area contributed by atoms with Crippen molar-refractivity contribution in [3.8, 4) is 0 Å². The molecule has 2 aromatic rings. The number of aliphatic hydroxyl groups is 1. The van der Waals surface area contributed by atoms with Crippen molar-refractivity contribution in [1.82, 2.24) is 15.1 Å². The van der Waals surface area contributed by atoms with E-state index in [2.05, 4.69) is 15.3 Å². The Morgan fingerprint density at radius 2 is 1.82 bits per heavy atom.